The van der Waals surface area contributed by atoms with E-state index in [0.717, 1.165) is 23.1 Å². The summed E-state index contributed by atoms with van der Waals surface area (Å²) in [5.41, 5.74) is 0.969. The van der Waals surface area contributed by atoms with E-state index in [0.29, 0.717) is 16.1 Å². The number of nitrogens with zero attached hydrogens (tertiary/aromatic N) is 2. The third kappa shape index (κ3) is 3.98. The van der Waals surface area contributed by atoms with Crippen LogP contribution in [0.5, 0.6) is 0 Å². The molecule has 1 aliphatic carbocycles. The summed E-state index contributed by atoms with van der Waals surface area (Å²) in [4.78, 5) is 29.5. The van der Waals surface area contributed by atoms with Gasteiger partial charge in [0, 0.05) is 5.56 Å². The second-order valence-corrected chi connectivity index (χ2v) is 8.28. The Hall–Kier alpha value is -3.24. The minimum absolute atomic E-state index is 0.159. The first-order valence-corrected chi connectivity index (χ1v) is 10.2. The van der Waals surface area contributed by atoms with Gasteiger partial charge in [-0.1, -0.05) is 30.3 Å². The number of para-hydroxylation sites is 1. The number of rotatable bonds is 6. The number of nitriles is 1. The first-order valence-electron chi connectivity index (χ1n) is 9.34. The summed E-state index contributed by atoms with van der Waals surface area (Å²) < 4.78 is 6.26. The first kappa shape index (κ1) is 19.1. The topological polar surface area (TPSA) is 92.1 Å². The Morgan fingerprint density at radius 1 is 1.24 bits per heavy atom. The van der Waals surface area contributed by atoms with Crippen LogP contribution < -0.4 is 5.32 Å². The molecule has 1 aliphatic rings. The molecule has 146 valence electrons. The molecule has 0 saturated heterocycles. The van der Waals surface area contributed by atoms with Crippen LogP contribution in [0.15, 0.2) is 48.5 Å². The zero-order valence-electron chi connectivity index (χ0n) is 15.8. The van der Waals surface area contributed by atoms with Crippen LogP contribution in [-0.4, -0.2) is 29.0 Å². The summed E-state index contributed by atoms with van der Waals surface area (Å²) in [5, 5.41) is 12.7. The molecule has 1 amide bonds. The number of nitrogens with one attached hydrogen (secondary N) is 1. The van der Waals surface area contributed by atoms with Crippen molar-refractivity contribution < 1.29 is 14.3 Å². The highest BCUT2D eigenvalue weighted by Gasteiger charge is 2.43. The van der Waals surface area contributed by atoms with Crippen molar-refractivity contribution in [2.45, 2.75) is 25.3 Å². The van der Waals surface area contributed by atoms with Crippen molar-refractivity contribution in [2.75, 3.05) is 6.61 Å². The normalized spacial score (nSPS) is 15.3. The van der Waals surface area contributed by atoms with E-state index in [1.165, 1.54) is 11.3 Å². The van der Waals surface area contributed by atoms with Gasteiger partial charge in [0.1, 0.15) is 10.5 Å². The van der Waals surface area contributed by atoms with Crippen molar-refractivity contribution >= 4 is 33.4 Å². The van der Waals surface area contributed by atoms with Crippen LogP contribution in [0.1, 0.15) is 30.1 Å². The standard InChI is InChI=1S/C22H19N3O3S/c1-22(13-23,14-10-11-14)25-19(26)12-28-21(27)16-7-3-2-6-15(16)20-24-17-8-4-5-9-18(17)29-20/h2-9,14H,10-12H2,1H3,(H,25,26)/t22-/m1/s1. The highest BCUT2D eigenvalue weighted by atomic mass is 32.1. The lowest BCUT2D eigenvalue weighted by Crippen LogP contribution is -2.48. The minimum Gasteiger partial charge on any atom is -0.452 e. The summed E-state index contributed by atoms with van der Waals surface area (Å²) in [6, 6.07) is 17.0. The van der Waals surface area contributed by atoms with Gasteiger partial charge in [-0.25, -0.2) is 9.78 Å². The number of carbonyl (C=O) groups excluding carboxylic acids is 2. The molecular formula is C22H19N3O3S. The number of esters is 1. The number of ether oxygens (including phenoxy) is 1. The van der Waals surface area contributed by atoms with Crippen LogP contribution in [0.25, 0.3) is 20.8 Å². The molecule has 1 atom stereocenters. The third-order valence-electron chi connectivity index (χ3n) is 5.03. The number of hydrogen-bond donors (Lipinski definition) is 1. The largest absolute Gasteiger partial charge is 0.452 e. The van der Waals surface area contributed by atoms with Crippen LogP contribution in [0.3, 0.4) is 0 Å². The molecule has 0 spiro atoms. The van der Waals surface area contributed by atoms with Crippen molar-refractivity contribution in [3.8, 4) is 16.6 Å². The van der Waals surface area contributed by atoms with E-state index in [1.807, 2.05) is 36.4 Å². The summed E-state index contributed by atoms with van der Waals surface area (Å²) in [5.74, 6) is -0.918. The molecule has 1 N–H and O–H groups in total. The van der Waals surface area contributed by atoms with E-state index in [4.69, 9.17) is 4.74 Å². The van der Waals surface area contributed by atoms with Crippen LogP contribution in [-0.2, 0) is 9.53 Å². The number of aromatic nitrogens is 1. The molecule has 2 aromatic carbocycles. The molecule has 29 heavy (non-hydrogen) atoms. The van der Waals surface area contributed by atoms with Gasteiger partial charge in [-0.3, -0.25) is 4.79 Å². The molecule has 1 aromatic heterocycles. The molecule has 0 unspecified atom stereocenters. The average Bonchev–Trinajstić information content (AvgIpc) is 3.51. The van der Waals surface area contributed by atoms with E-state index < -0.39 is 24.0 Å². The van der Waals surface area contributed by atoms with Gasteiger partial charge in [0.25, 0.3) is 5.91 Å². The van der Waals surface area contributed by atoms with Gasteiger partial charge < -0.3 is 10.1 Å². The lowest BCUT2D eigenvalue weighted by molar-refractivity contribution is -0.125. The maximum absolute atomic E-state index is 12.6. The van der Waals surface area contributed by atoms with Crippen molar-refractivity contribution in [1.29, 1.82) is 5.26 Å². The van der Waals surface area contributed by atoms with E-state index in [1.54, 1.807) is 19.1 Å². The number of carbonyl (C=O) groups is 2. The highest BCUT2D eigenvalue weighted by Crippen LogP contribution is 2.39. The smallest absolute Gasteiger partial charge is 0.339 e. The van der Waals surface area contributed by atoms with Gasteiger partial charge >= 0.3 is 5.97 Å². The second-order valence-electron chi connectivity index (χ2n) is 7.25. The summed E-state index contributed by atoms with van der Waals surface area (Å²) >= 11 is 1.49. The SMILES string of the molecule is C[C@](C#N)(NC(=O)COC(=O)c1ccccc1-c1nc2ccccc2s1)C1CC1. The molecule has 7 heteroatoms. The maximum atomic E-state index is 12.6. The van der Waals surface area contributed by atoms with Gasteiger partial charge in [-0.15, -0.1) is 11.3 Å². The fourth-order valence-electron chi connectivity index (χ4n) is 3.25. The van der Waals surface area contributed by atoms with E-state index >= 15 is 0 Å². The Labute approximate surface area is 172 Å². The Morgan fingerprint density at radius 3 is 2.69 bits per heavy atom. The van der Waals surface area contributed by atoms with Gasteiger partial charge in [0.05, 0.1) is 21.8 Å². The number of hydrogen-bond acceptors (Lipinski definition) is 6. The predicted molar refractivity (Wildman–Crippen MR) is 110 cm³/mol. The van der Waals surface area contributed by atoms with Crippen molar-refractivity contribution in [1.82, 2.24) is 10.3 Å². The molecule has 0 radical (unpaired) electrons. The maximum Gasteiger partial charge on any atom is 0.339 e. The predicted octanol–water partition coefficient (Wildman–Crippen LogP) is 3.93. The van der Waals surface area contributed by atoms with Gasteiger partial charge in [-0.05, 0) is 43.9 Å². The van der Waals surface area contributed by atoms with Crippen molar-refractivity contribution in [2.24, 2.45) is 5.92 Å². The fraction of sp³-hybridized carbons (Fsp3) is 0.273. The molecule has 1 fully saturated rings. The van der Waals surface area contributed by atoms with Crippen molar-refractivity contribution in [3.05, 3.63) is 54.1 Å². The quantitative estimate of drug-likeness (QED) is 0.628. The summed E-state index contributed by atoms with van der Waals surface area (Å²) in [6.45, 7) is 1.27. The molecule has 6 nitrogen and oxygen atoms in total. The van der Waals surface area contributed by atoms with Crippen LogP contribution in [0.4, 0.5) is 0 Å². The first-order chi connectivity index (χ1) is 14.0. The zero-order chi connectivity index (χ0) is 20.4. The molecule has 1 saturated carbocycles. The average molecular weight is 405 g/mol. The Balaban J connectivity index is 1.48. The monoisotopic (exact) mass is 405 g/mol. The Morgan fingerprint density at radius 2 is 1.97 bits per heavy atom. The lowest BCUT2D eigenvalue weighted by Gasteiger charge is -2.22. The third-order valence-corrected chi connectivity index (χ3v) is 6.10. The van der Waals surface area contributed by atoms with Crippen LogP contribution in [0.2, 0.25) is 0 Å². The molecule has 3 aromatic rings. The Kier molecular flexibility index (Phi) is 5.03. The number of amides is 1. The summed E-state index contributed by atoms with van der Waals surface area (Å²) in [6.07, 6.45) is 1.83. The number of thiazole rings is 1. The molecule has 4 rings (SSSR count). The van der Waals surface area contributed by atoms with Crippen molar-refractivity contribution in [3.63, 3.8) is 0 Å². The van der Waals surface area contributed by atoms with Crippen LogP contribution in [0, 0.1) is 17.2 Å². The molecular weight excluding hydrogens is 386 g/mol. The number of benzene rings is 2. The lowest BCUT2D eigenvalue weighted by atomic mass is 9.98. The zero-order valence-corrected chi connectivity index (χ0v) is 16.7. The molecule has 0 aliphatic heterocycles. The minimum atomic E-state index is -0.914. The Bertz CT molecular complexity index is 1100. The fourth-order valence-corrected chi connectivity index (χ4v) is 4.26. The number of fused-ring (bicyclic) bond motifs is 1. The van der Waals surface area contributed by atoms with E-state index in [2.05, 4.69) is 16.4 Å². The highest BCUT2D eigenvalue weighted by molar-refractivity contribution is 7.21. The van der Waals surface area contributed by atoms with Gasteiger partial charge in [-0.2, -0.15) is 5.26 Å². The molecule has 1 heterocycles. The second kappa shape index (κ2) is 7.64. The van der Waals surface area contributed by atoms with Crippen LogP contribution >= 0.6 is 11.3 Å². The van der Waals surface area contributed by atoms with E-state index in [9.17, 15) is 14.9 Å². The van der Waals surface area contributed by atoms with Gasteiger partial charge in [0.2, 0.25) is 0 Å². The van der Waals surface area contributed by atoms with E-state index in [-0.39, 0.29) is 5.92 Å². The van der Waals surface area contributed by atoms with Gasteiger partial charge in [0.15, 0.2) is 6.61 Å². The molecule has 0 bridgehead atoms. The summed E-state index contributed by atoms with van der Waals surface area (Å²) in [7, 11) is 0.